The van der Waals surface area contributed by atoms with E-state index in [-0.39, 0.29) is 0 Å². The van der Waals surface area contributed by atoms with Crippen molar-refractivity contribution in [2.45, 2.75) is 32.1 Å². The highest BCUT2D eigenvalue weighted by Crippen LogP contribution is 2.09. The van der Waals surface area contributed by atoms with Gasteiger partial charge in [-0.25, -0.2) is 0 Å². The molecule has 2 nitrogen and oxygen atoms in total. The lowest BCUT2D eigenvalue weighted by molar-refractivity contribution is 0.177. The van der Waals surface area contributed by atoms with E-state index in [1.165, 1.54) is 51.7 Å². The second kappa shape index (κ2) is 6.44. The van der Waals surface area contributed by atoms with Gasteiger partial charge in [-0.2, -0.15) is 0 Å². The molecule has 0 saturated carbocycles. The van der Waals surface area contributed by atoms with Gasteiger partial charge in [-0.05, 0) is 45.3 Å². The maximum atomic E-state index is 5.01. The summed E-state index contributed by atoms with van der Waals surface area (Å²) in [5, 5.41) is 0. The van der Waals surface area contributed by atoms with E-state index in [0.717, 1.165) is 6.61 Å². The van der Waals surface area contributed by atoms with Gasteiger partial charge in [0.2, 0.25) is 0 Å². The first-order valence-electron chi connectivity index (χ1n) is 5.15. The molecule has 0 aromatic carbocycles. The number of rotatable bonds is 5. The zero-order chi connectivity index (χ0) is 8.65. The Kier molecular flexibility index (Phi) is 5.37. The van der Waals surface area contributed by atoms with E-state index in [2.05, 4.69) is 4.90 Å². The van der Waals surface area contributed by atoms with Crippen LogP contribution in [0.2, 0.25) is 0 Å². The van der Waals surface area contributed by atoms with Crippen LogP contribution in [0.3, 0.4) is 0 Å². The molecule has 0 aliphatic carbocycles. The Morgan fingerprint density at radius 2 is 1.83 bits per heavy atom. The molecular formula is C10H21NO. The summed E-state index contributed by atoms with van der Waals surface area (Å²) in [5.41, 5.74) is 0. The number of ether oxygens (including phenoxy) is 1. The molecule has 0 spiro atoms. The summed E-state index contributed by atoms with van der Waals surface area (Å²) < 4.78 is 5.01. The normalized spacial score (nSPS) is 19.8. The molecule has 1 rings (SSSR count). The van der Waals surface area contributed by atoms with Gasteiger partial charge in [0, 0.05) is 13.7 Å². The molecule has 0 radical (unpaired) electrons. The fourth-order valence-electron chi connectivity index (χ4n) is 1.76. The largest absolute Gasteiger partial charge is 0.385 e. The Balaban J connectivity index is 1.91. The second-order valence-corrected chi connectivity index (χ2v) is 3.60. The molecule has 0 atom stereocenters. The van der Waals surface area contributed by atoms with E-state index in [1.807, 2.05) is 0 Å². The van der Waals surface area contributed by atoms with Crippen molar-refractivity contribution in [3.05, 3.63) is 0 Å². The maximum absolute atomic E-state index is 5.01. The molecule has 1 aliphatic rings. The summed E-state index contributed by atoms with van der Waals surface area (Å²) in [5.74, 6) is 0. The summed E-state index contributed by atoms with van der Waals surface area (Å²) in [6.07, 6.45) is 6.77. The molecule has 1 fully saturated rings. The minimum atomic E-state index is 0.924. The number of methoxy groups -OCH3 is 1. The van der Waals surface area contributed by atoms with Gasteiger partial charge in [0.15, 0.2) is 0 Å². The van der Waals surface area contributed by atoms with Crippen molar-refractivity contribution in [1.82, 2.24) is 4.90 Å². The average Bonchev–Trinajstić information content (AvgIpc) is 2.14. The van der Waals surface area contributed by atoms with Crippen molar-refractivity contribution in [3.8, 4) is 0 Å². The van der Waals surface area contributed by atoms with Gasteiger partial charge >= 0.3 is 0 Å². The van der Waals surface area contributed by atoms with Gasteiger partial charge in [0.25, 0.3) is 0 Å². The van der Waals surface area contributed by atoms with Crippen LogP contribution in [0.15, 0.2) is 0 Å². The van der Waals surface area contributed by atoms with Gasteiger partial charge in [-0.3, -0.25) is 0 Å². The molecule has 1 aliphatic heterocycles. The van der Waals surface area contributed by atoms with Gasteiger partial charge in [0.05, 0.1) is 0 Å². The maximum Gasteiger partial charge on any atom is 0.0462 e. The number of likely N-dealkylation sites (tertiary alicyclic amines) is 1. The van der Waals surface area contributed by atoms with Gasteiger partial charge < -0.3 is 9.64 Å². The summed E-state index contributed by atoms with van der Waals surface area (Å²) >= 11 is 0. The predicted octanol–water partition coefficient (Wildman–Crippen LogP) is 1.90. The fraction of sp³-hybridized carbons (Fsp3) is 1.00. The number of nitrogens with zero attached hydrogens (tertiary/aromatic N) is 1. The van der Waals surface area contributed by atoms with Crippen molar-refractivity contribution in [3.63, 3.8) is 0 Å². The third-order valence-electron chi connectivity index (χ3n) is 2.52. The van der Waals surface area contributed by atoms with E-state index < -0.39 is 0 Å². The standard InChI is InChI=1S/C10H21NO/c1-12-10-6-5-9-11-7-3-2-4-8-11/h2-10H2,1H3. The number of hydrogen-bond donors (Lipinski definition) is 0. The first kappa shape index (κ1) is 10.0. The summed E-state index contributed by atoms with van der Waals surface area (Å²) in [6.45, 7) is 4.86. The lowest BCUT2D eigenvalue weighted by Gasteiger charge is -2.26. The van der Waals surface area contributed by atoms with Crippen LogP contribution in [0, 0.1) is 0 Å². The van der Waals surface area contributed by atoms with Crippen molar-refractivity contribution in [1.29, 1.82) is 0 Å². The molecule has 0 aromatic heterocycles. The number of hydrogen-bond acceptors (Lipinski definition) is 2. The third kappa shape index (κ3) is 4.07. The van der Waals surface area contributed by atoms with Crippen LogP contribution in [-0.4, -0.2) is 38.3 Å². The van der Waals surface area contributed by atoms with E-state index >= 15 is 0 Å². The molecule has 72 valence electrons. The molecule has 0 bridgehead atoms. The number of piperidine rings is 1. The van der Waals surface area contributed by atoms with Crippen LogP contribution in [0.4, 0.5) is 0 Å². The average molecular weight is 171 g/mol. The summed E-state index contributed by atoms with van der Waals surface area (Å²) in [7, 11) is 1.78. The topological polar surface area (TPSA) is 12.5 Å². The van der Waals surface area contributed by atoms with Crippen LogP contribution in [0.25, 0.3) is 0 Å². The van der Waals surface area contributed by atoms with Crippen LogP contribution in [-0.2, 0) is 4.74 Å². The van der Waals surface area contributed by atoms with Crippen LogP contribution in [0.1, 0.15) is 32.1 Å². The highest BCUT2D eigenvalue weighted by atomic mass is 16.5. The molecule has 0 unspecified atom stereocenters. The SMILES string of the molecule is COCCCCN1CCCCC1. The highest BCUT2D eigenvalue weighted by molar-refractivity contribution is 4.63. The zero-order valence-electron chi connectivity index (χ0n) is 8.22. The molecule has 0 amide bonds. The first-order chi connectivity index (χ1) is 5.93. The van der Waals surface area contributed by atoms with Crippen LogP contribution < -0.4 is 0 Å². The summed E-state index contributed by atoms with van der Waals surface area (Å²) in [4.78, 5) is 2.58. The minimum absolute atomic E-state index is 0.924. The monoisotopic (exact) mass is 171 g/mol. The van der Waals surface area contributed by atoms with Gasteiger partial charge in [-0.1, -0.05) is 6.42 Å². The quantitative estimate of drug-likeness (QED) is 0.586. The second-order valence-electron chi connectivity index (χ2n) is 3.60. The predicted molar refractivity (Wildman–Crippen MR) is 51.4 cm³/mol. The smallest absolute Gasteiger partial charge is 0.0462 e. The van der Waals surface area contributed by atoms with Crippen molar-refractivity contribution in [2.24, 2.45) is 0 Å². The Bertz CT molecular complexity index is 100. The fourth-order valence-corrected chi connectivity index (χ4v) is 1.76. The Morgan fingerprint density at radius 1 is 1.08 bits per heavy atom. The Labute approximate surface area is 75.9 Å². The first-order valence-corrected chi connectivity index (χ1v) is 5.15. The van der Waals surface area contributed by atoms with E-state index in [4.69, 9.17) is 4.74 Å². The Hall–Kier alpha value is -0.0800. The summed E-state index contributed by atoms with van der Waals surface area (Å²) in [6, 6.07) is 0. The van der Waals surface area contributed by atoms with Crippen LogP contribution >= 0.6 is 0 Å². The van der Waals surface area contributed by atoms with E-state index in [1.54, 1.807) is 7.11 Å². The lowest BCUT2D eigenvalue weighted by Crippen LogP contribution is -2.30. The van der Waals surface area contributed by atoms with Crippen molar-refractivity contribution in [2.75, 3.05) is 33.4 Å². The van der Waals surface area contributed by atoms with Crippen LogP contribution in [0.5, 0.6) is 0 Å². The van der Waals surface area contributed by atoms with Crippen molar-refractivity contribution >= 4 is 0 Å². The highest BCUT2D eigenvalue weighted by Gasteiger charge is 2.08. The van der Waals surface area contributed by atoms with Gasteiger partial charge in [-0.15, -0.1) is 0 Å². The number of unbranched alkanes of at least 4 members (excludes halogenated alkanes) is 1. The van der Waals surface area contributed by atoms with Gasteiger partial charge in [0.1, 0.15) is 0 Å². The zero-order valence-corrected chi connectivity index (χ0v) is 8.22. The molecule has 1 heterocycles. The Morgan fingerprint density at radius 3 is 2.50 bits per heavy atom. The molecule has 12 heavy (non-hydrogen) atoms. The molecule has 2 heteroatoms. The molecule has 0 N–H and O–H groups in total. The van der Waals surface area contributed by atoms with E-state index in [9.17, 15) is 0 Å². The minimum Gasteiger partial charge on any atom is -0.385 e. The molecule has 1 saturated heterocycles. The third-order valence-corrected chi connectivity index (χ3v) is 2.52. The molecule has 0 aromatic rings. The van der Waals surface area contributed by atoms with E-state index in [0.29, 0.717) is 0 Å². The van der Waals surface area contributed by atoms with Crippen molar-refractivity contribution < 1.29 is 4.74 Å². The lowest BCUT2D eigenvalue weighted by atomic mass is 10.1. The molecular weight excluding hydrogens is 150 g/mol.